The molecule has 2 aromatic rings. The second-order valence-electron chi connectivity index (χ2n) is 10.4. The molecule has 0 aromatic heterocycles. The summed E-state index contributed by atoms with van der Waals surface area (Å²) >= 11 is 0. The molecule has 2 fully saturated rings. The number of likely N-dealkylation sites (tertiary alicyclic amines) is 2. The zero-order chi connectivity index (χ0) is 24.8. The smallest absolute Gasteiger partial charge is 0.122 e. The van der Waals surface area contributed by atoms with Crippen LogP contribution < -0.4 is 9.47 Å². The number of rotatable bonds is 12. The third-order valence-electron chi connectivity index (χ3n) is 7.53. The van der Waals surface area contributed by atoms with Gasteiger partial charge in [-0.05, 0) is 81.6 Å². The first kappa shape index (κ1) is 26.0. The van der Waals surface area contributed by atoms with Crippen LogP contribution in [0, 0.1) is 13.8 Å². The summed E-state index contributed by atoms with van der Waals surface area (Å²) in [5.41, 5.74) is 4.74. The average Bonchev–Trinajstić information content (AvgIpc) is 3.22. The van der Waals surface area contributed by atoms with E-state index in [1.165, 1.54) is 29.8 Å². The van der Waals surface area contributed by atoms with Gasteiger partial charge in [-0.25, -0.2) is 0 Å². The van der Waals surface area contributed by atoms with Gasteiger partial charge in [0.25, 0.3) is 0 Å². The molecular weight excluding hydrogens is 438 g/mol. The van der Waals surface area contributed by atoms with Crippen molar-refractivity contribution in [1.29, 1.82) is 0 Å². The van der Waals surface area contributed by atoms with Crippen LogP contribution in [0.2, 0.25) is 0 Å². The SMILES string of the molecule is Cc1c(OCCCN2CCC(O)C2)cccc1-c1cccc(OCCCN2CC(N(C)C)C2)c1C. The fraction of sp³-hybridized carbons (Fsp3) is 0.586. The molecule has 4 rings (SSSR count). The third-order valence-corrected chi connectivity index (χ3v) is 7.53. The van der Waals surface area contributed by atoms with E-state index in [2.05, 4.69) is 79.0 Å². The minimum Gasteiger partial charge on any atom is -0.493 e. The van der Waals surface area contributed by atoms with E-state index in [-0.39, 0.29) is 6.10 Å². The Morgan fingerprint density at radius 2 is 1.37 bits per heavy atom. The molecule has 0 aliphatic carbocycles. The van der Waals surface area contributed by atoms with Crippen molar-refractivity contribution < 1.29 is 14.6 Å². The zero-order valence-corrected chi connectivity index (χ0v) is 22.0. The number of aliphatic hydroxyl groups excluding tert-OH is 1. The van der Waals surface area contributed by atoms with E-state index in [0.29, 0.717) is 12.6 Å². The van der Waals surface area contributed by atoms with Gasteiger partial charge in [-0.1, -0.05) is 24.3 Å². The molecule has 0 spiro atoms. The Hall–Kier alpha value is -2.12. The maximum atomic E-state index is 9.69. The highest BCUT2D eigenvalue weighted by Crippen LogP contribution is 2.35. The first-order chi connectivity index (χ1) is 16.9. The van der Waals surface area contributed by atoms with Crippen LogP contribution in [0.25, 0.3) is 11.1 Å². The van der Waals surface area contributed by atoms with Crippen molar-refractivity contribution in [3.63, 3.8) is 0 Å². The molecule has 2 saturated heterocycles. The molecule has 35 heavy (non-hydrogen) atoms. The number of likely N-dealkylation sites (N-methyl/N-ethyl adjacent to an activating group) is 1. The summed E-state index contributed by atoms with van der Waals surface area (Å²) in [5.74, 6) is 1.91. The van der Waals surface area contributed by atoms with E-state index in [1.54, 1.807) is 0 Å². The van der Waals surface area contributed by atoms with Gasteiger partial charge in [-0.15, -0.1) is 0 Å². The third kappa shape index (κ3) is 6.76. The van der Waals surface area contributed by atoms with Gasteiger partial charge in [0.15, 0.2) is 0 Å². The lowest BCUT2D eigenvalue weighted by Gasteiger charge is -2.42. The second-order valence-corrected chi connectivity index (χ2v) is 10.4. The van der Waals surface area contributed by atoms with Crippen LogP contribution in [0.3, 0.4) is 0 Å². The molecule has 6 heteroatoms. The molecule has 2 heterocycles. The van der Waals surface area contributed by atoms with Crippen LogP contribution in [-0.4, -0.2) is 98.5 Å². The topological polar surface area (TPSA) is 48.4 Å². The van der Waals surface area contributed by atoms with Gasteiger partial charge >= 0.3 is 0 Å². The van der Waals surface area contributed by atoms with E-state index >= 15 is 0 Å². The summed E-state index contributed by atoms with van der Waals surface area (Å²) < 4.78 is 12.4. The van der Waals surface area contributed by atoms with Gasteiger partial charge < -0.3 is 24.4 Å². The van der Waals surface area contributed by atoms with Gasteiger partial charge in [0.1, 0.15) is 11.5 Å². The molecule has 2 aliphatic heterocycles. The van der Waals surface area contributed by atoms with Crippen molar-refractivity contribution >= 4 is 0 Å². The van der Waals surface area contributed by atoms with Crippen LogP contribution in [0.1, 0.15) is 30.4 Å². The molecule has 1 unspecified atom stereocenters. The summed E-state index contributed by atoms with van der Waals surface area (Å²) in [7, 11) is 4.32. The molecule has 0 saturated carbocycles. The first-order valence-electron chi connectivity index (χ1n) is 13.2. The van der Waals surface area contributed by atoms with Crippen molar-refractivity contribution in [2.24, 2.45) is 0 Å². The van der Waals surface area contributed by atoms with Crippen molar-refractivity contribution in [3.05, 3.63) is 47.5 Å². The number of aliphatic hydroxyl groups is 1. The van der Waals surface area contributed by atoms with Gasteiger partial charge in [-0.2, -0.15) is 0 Å². The molecule has 192 valence electrons. The maximum absolute atomic E-state index is 9.69. The van der Waals surface area contributed by atoms with E-state index in [4.69, 9.17) is 9.47 Å². The van der Waals surface area contributed by atoms with Crippen molar-refractivity contribution in [1.82, 2.24) is 14.7 Å². The molecular formula is C29H43N3O3. The van der Waals surface area contributed by atoms with Gasteiger partial charge in [0, 0.05) is 45.3 Å². The summed E-state index contributed by atoms with van der Waals surface area (Å²) in [4.78, 5) is 7.13. The summed E-state index contributed by atoms with van der Waals surface area (Å²) in [5, 5.41) is 9.69. The van der Waals surface area contributed by atoms with Gasteiger partial charge in [-0.3, -0.25) is 4.90 Å². The fourth-order valence-corrected chi connectivity index (χ4v) is 5.13. The largest absolute Gasteiger partial charge is 0.493 e. The van der Waals surface area contributed by atoms with E-state index in [9.17, 15) is 5.11 Å². The minimum absolute atomic E-state index is 0.158. The van der Waals surface area contributed by atoms with Crippen LogP contribution in [0.15, 0.2) is 36.4 Å². The van der Waals surface area contributed by atoms with Crippen molar-refractivity contribution in [3.8, 4) is 22.6 Å². The minimum atomic E-state index is -0.158. The van der Waals surface area contributed by atoms with E-state index in [0.717, 1.165) is 69.1 Å². The quantitative estimate of drug-likeness (QED) is 0.465. The lowest BCUT2D eigenvalue weighted by Crippen LogP contribution is -2.57. The first-order valence-corrected chi connectivity index (χ1v) is 13.2. The Labute approximate surface area is 211 Å². The fourth-order valence-electron chi connectivity index (χ4n) is 5.13. The number of nitrogens with zero attached hydrogens (tertiary/aromatic N) is 3. The predicted molar refractivity (Wildman–Crippen MR) is 143 cm³/mol. The monoisotopic (exact) mass is 481 g/mol. The molecule has 0 radical (unpaired) electrons. The summed E-state index contributed by atoms with van der Waals surface area (Å²) in [6.07, 6.45) is 2.74. The van der Waals surface area contributed by atoms with E-state index < -0.39 is 0 Å². The van der Waals surface area contributed by atoms with Gasteiger partial charge in [0.05, 0.1) is 19.3 Å². The molecule has 2 aliphatic rings. The Morgan fingerprint density at radius 3 is 1.86 bits per heavy atom. The Bertz CT molecular complexity index is 958. The lowest BCUT2D eigenvalue weighted by atomic mass is 9.95. The summed E-state index contributed by atoms with van der Waals surface area (Å²) in [6, 6.07) is 13.4. The Kier molecular flexibility index (Phi) is 9.06. The normalized spacial score (nSPS) is 19.3. The van der Waals surface area contributed by atoms with Crippen LogP contribution in [0.5, 0.6) is 11.5 Å². The lowest BCUT2D eigenvalue weighted by molar-refractivity contribution is 0.0595. The molecule has 0 amide bonds. The highest BCUT2D eigenvalue weighted by molar-refractivity contribution is 5.74. The predicted octanol–water partition coefficient (Wildman–Crippen LogP) is 3.82. The average molecular weight is 482 g/mol. The van der Waals surface area contributed by atoms with Crippen LogP contribution in [-0.2, 0) is 0 Å². The van der Waals surface area contributed by atoms with E-state index in [1.807, 2.05) is 0 Å². The molecule has 0 bridgehead atoms. The molecule has 1 N–H and O–H groups in total. The number of hydrogen-bond acceptors (Lipinski definition) is 6. The van der Waals surface area contributed by atoms with Crippen molar-refractivity contribution in [2.75, 3.05) is 66.6 Å². The van der Waals surface area contributed by atoms with Crippen molar-refractivity contribution in [2.45, 2.75) is 45.3 Å². The number of hydrogen-bond donors (Lipinski definition) is 1. The van der Waals surface area contributed by atoms with Gasteiger partial charge in [0.2, 0.25) is 0 Å². The Balaban J connectivity index is 1.29. The molecule has 2 aromatic carbocycles. The standard InChI is InChI=1S/C29H43N3O3/c1-22-26(9-5-11-28(22)34-17-7-14-31-16-13-25(33)21-31)27-10-6-12-29(23(27)2)35-18-8-15-32-19-24(20-32)30(3)4/h5-6,9-12,24-25,33H,7-8,13-21H2,1-4H3. The highest BCUT2D eigenvalue weighted by atomic mass is 16.5. The Morgan fingerprint density at radius 1 is 0.829 bits per heavy atom. The number of β-amino-alcohol motifs (C(OH)–C–C–N with tert-alkyl or cyclic N) is 1. The van der Waals surface area contributed by atoms with Crippen LogP contribution in [0.4, 0.5) is 0 Å². The molecule has 6 nitrogen and oxygen atoms in total. The number of benzene rings is 2. The van der Waals surface area contributed by atoms with Crippen LogP contribution >= 0.6 is 0 Å². The number of ether oxygens (including phenoxy) is 2. The molecule has 1 atom stereocenters. The maximum Gasteiger partial charge on any atom is 0.122 e. The second kappa shape index (κ2) is 12.2. The zero-order valence-electron chi connectivity index (χ0n) is 22.0. The highest BCUT2D eigenvalue weighted by Gasteiger charge is 2.27. The summed E-state index contributed by atoms with van der Waals surface area (Å²) in [6.45, 7) is 11.9.